The molecule has 0 aliphatic rings. The van der Waals surface area contributed by atoms with E-state index in [2.05, 4.69) is 20.5 Å². The van der Waals surface area contributed by atoms with E-state index < -0.39 is 11.9 Å². The maximum Gasteiger partial charge on any atom is 0.337 e. The zero-order valence-corrected chi connectivity index (χ0v) is 18.7. The standard InChI is InChI=1S/C24H23N5O4/c1-14-9-18(13-25-28-24-26-20-7-5-6-8-21(20)27-24)15(2)29(14)19-11-16(22(30)32-3)10-17(12-19)23(31)33-4/h5-13H,1-4H3,(H2,26,27,28)/b25-13+. The average Bonchev–Trinajstić information content (AvgIpc) is 3.37. The molecule has 2 aromatic heterocycles. The number of methoxy groups -OCH3 is 2. The van der Waals surface area contributed by atoms with Crippen molar-refractivity contribution in [2.45, 2.75) is 13.8 Å². The van der Waals surface area contributed by atoms with E-state index in [4.69, 9.17) is 9.47 Å². The van der Waals surface area contributed by atoms with Gasteiger partial charge < -0.3 is 19.0 Å². The molecule has 0 unspecified atom stereocenters. The number of rotatable bonds is 6. The molecule has 168 valence electrons. The first kappa shape index (κ1) is 21.8. The molecule has 0 aliphatic heterocycles. The topological polar surface area (TPSA) is 111 Å². The number of para-hydroxylation sites is 2. The molecule has 4 rings (SSSR count). The molecule has 4 aromatic rings. The largest absolute Gasteiger partial charge is 0.465 e. The second kappa shape index (κ2) is 8.99. The van der Waals surface area contributed by atoms with Crippen molar-refractivity contribution in [3.8, 4) is 5.69 Å². The molecule has 0 atom stereocenters. The Morgan fingerprint density at radius 2 is 1.70 bits per heavy atom. The summed E-state index contributed by atoms with van der Waals surface area (Å²) in [5.74, 6) is -0.544. The van der Waals surface area contributed by atoms with Gasteiger partial charge in [-0.3, -0.25) is 0 Å². The molecule has 0 spiro atoms. The average molecular weight is 445 g/mol. The minimum absolute atomic E-state index is 0.254. The number of ether oxygens (including phenoxy) is 2. The van der Waals surface area contributed by atoms with Crippen molar-refractivity contribution in [3.63, 3.8) is 0 Å². The van der Waals surface area contributed by atoms with E-state index in [1.165, 1.54) is 20.3 Å². The van der Waals surface area contributed by atoms with E-state index in [0.29, 0.717) is 11.6 Å². The summed E-state index contributed by atoms with van der Waals surface area (Å²) >= 11 is 0. The maximum absolute atomic E-state index is 12.2. The van der Waals surface area contributed by atoms with Crippen molar-refractivity contribution in [2.24, 2.45) is 5.10 Å². The molecular formula is C24H23N5O4. The van der Waals surface area contributed by atoms with E-state index in [9.17, 15) is 9.59 Å². The molecule has 0 amide bonds. The normalized spacial score (nSPS) is 11.2. The number of fused-ring (bicyclic) bond motifs is 1. The maximum atomic E-state index is 12.2. The Morgan fingerprint density at radius 1 is 1.03 bits per heavy atom. The fraction of sp³-hybridized carbons (Fsp3) is 0.167. The Morgan fingerprint density at radius 3 is 2.33 bits per heavy atom. The molecule has 9 nitrogen and oxygen atoms in total. The third kappa shape index (κ3) is 4.33. The molecule has 0 fully saturated rings. The number of H-pyrrole nitrogens is 1. The molecular weight excluding hydrogens is 422 g/mol. The molecule has 9 heteroatoms. The van der Waals surface area contributed by atoms with Crippen molar-refractivity contribution >= 4 is 35.1 Å². The summed E-state index contributed by atoms with van der Waals surface area (Å²) in [7, 11) is 2.59. The number of benzene rings is 2. The number of carbonyl (C=O) groups excluding carboxylic acids is 2. The zero-order valence-electron chi connectivity index (χ0n) is 18.7. The number of esters is 2. The number of aryl methyl sites for hydroxylation is 1. The predicted molar refractivity (Wildman–Crippen MR) is 125 cm³/mol. The minimum Gasteiger partial charge on any atom is -0.465 e. The highest BCUT2D eigenvalue weighted by Gasteiger charge is 2.17. The van der Waals surface area contributed by atoms with Gasteiger partial charge in [-0.2, -0.15) is 5.10 Å². The number of hydrogen-bond donors (Lipinski definition) is 2. The second-order valence-electron chi connectivity index (χ2n) is 7.39. The Labute approximate surface area is 190 Å². The monoisotopic (exact) mass is 445 g/mol. The van der Waals surface area contributed by atoms with Crippen LogP contribution in [0.3, 0.4) is 0 Å². The summed E-state index contributed by atoms with van der Waals surface area (Å²) in [4.78, 5) is 31.9. The molecule has 33 heavy (non-hydrogen) atoms. The van der Waals surface area contributed by atoms with Crippen LogP contribution in [0.1, 0.15) is 37.7 Å². The van der Waals surface area contributed by atoms with Crippen LogP contribution in [0, 0.1) is 13.8 Å². The number of hydrogen-bond acceptors (Lipinski definition) is 7. The summed E-state index contributed by atoms with van der Waals surface area (Å²) in [6.45, 7) is 3.86. The number of imidazole rings is 1. The summed E-state index contributed by atoms with van der Waals surface area (Å²) in [5.41, 5.74) is 8.46. The smallest absolute Gasteiger partial charge is 0.337 e. The van der Waals surface area contributed by atoms with Gasteiger partial charge in [0.05, 0.1) is 42.6 Å². The summed E-state index contributed by atoms with van der Waals surface area (Å²) in [5, 5.41) is 4.30. The van der Waals surface area contributed by atoms with Crippen LogP contribution in [-0.4, -0.2) is 46.9 Å². The van der Waals surface area contributed by atoms with Gasteiger partial charge in [0, 0.05) is 22.6 Å². The number of aromatic nitrogens is 3. The number of aromatic amines is 1. The van der Waals surface area contributed by atoms with Crippen LogP contribution in [0.2, 0.25) is 0 Å². The Kier molecular flexibility index (Phi) is 5.95. The van der Waals surface area contributed by atoms with Gasteiger partial charge in [0.25, 0.3) is 0 Å². The highest BCUT2D eigenvalue weighted by Crippen LogP contribution is 2.23. The molecule has 0 aliphatic carbocycles. The fourth-order valence-corrected chi connectivity index (χ4v) is 3.70. The molecule has 0 saturated heterocycles. The van der Waals surface area contributed by atoms with E-state index in [1.807, 2.05) is 48.7 Å². The number of nitrogens with one attached hydrogen (secondary N) is 2. The highest BCUT2D eigenvalue weighted by molar-refractivity contribution is 5.96. The van der Waals surface area contributed by atoms with Crippen LogP contribution in [0.5, 0.6) is 0 Å². The fourth-order valence-electron chi connectivity index (χ4n) is 3.70. The first-order valence-corrected chi connectivity index (χ1v) is 10.2. The SMILES string of the molecule is COC(=O)c1cc(C(=O)OC)cc(-n2c(C)cc(/C=N/Nc3nc4ccccc4[nH]3)c2C)c1. The third-order valence-corrected chi connectivity index (χ3v) is 5.25. The lowest BCUT2D eigenvalue weighted by Gasteiger charge is -2.13. The van der Waals surface area contributed by atoms with E-state index >= 15 is 0 Å². The lowest BCUT2D eigenvalue weighted by Crippen LogP contribution is -2.10. The van der Waals surface area contributed by atoms with Crippen LogP contribution in [0.4, 0.5) is 5.95 Å². The number of nitrogens with zero attached hydrogens (tertiary/aromatic N) is 3. The predicted octanol–water partition coefficient (Wildman–Crippen LogP) is 3.99. The lowest BCUT2D eigenvalue weighted by molar-refractivity contribution is 0.0599. The third-order valence-electron chi connectivity index (χ3n) is 5.25. The molecule has 0 bridgehead atoms. The van der Waals surface area contributed by atoms with E-state index in [-0.39, 0.29) is 11.1 Å². The first-order valence-electron chi connectivity index (χ1n) is 10.2. The van der Waals surface area contributed by atoms with Crippen LogP contribution < -0.4 is 5.43 Å². The lowest BCUT2D eigenvalue weighted by atomic mass is 10.1. The molecule has 0 radical (unpaired) electrons. The van der Waals surface area contributed by atoms with Crippen molar-refractivity contribution in [3.05, 3.63) is 76.6 Å². The number of hydrazone groups is 1. The summed E-state index contributed by atoms with van der Waals surface area (Å²) in [6, 6.07) is 14.5. The van der Waals surface area contributed by atoms with Gasteiger partial charge in [0.1, 0.15) is 0 Å². The van der Waals surface area contributed by atoms with Crippen LogP contribution >= 0.6 is 0 Å². The Balaban J connectivity index is 1.66. The van der Waals surface area contributed by atoms with Gasteiger partial charge in [-0.15, -0.1) is 0 Å². The Bertz CT molecular complexity index is 1320. The zero-order chi connectivity index (χ0) is 23.5. The van der Waals surface area contributed by atoms with Crippen LogP contribution in [-0.2, 0) is 9.47 Å². The van der Waals surface area contributed by atoms with Gasteiger partial charge in [0.2, 0.25) is 5.95 Å². The summed E-state index contributed by atoms with van der Waals surface area (Å²) < 4.78 is 11.6. The molecule has 2 heterocycles. The number of anilines is 1. The second-order valence-corrected chi connectivity index (χ2v) is 7.39. The van der Waals surface area contributed by atoms with Crippen molar-refractivity contribution < 1.29 is 19.1 Å². The molecule has 2 aromatic carbocycles. The van der Waals surface area contributed by atoms with E-state index in [1.54, 1.807) is 18.3 Å². The van der Waals surface area contributed by atoms with Crippen molar-refractivity contribution in [1.82, 2.24) is 14.5 Å². The van der Waals surface area contributed by atoms with Gasteiger partial charge in [-0.1, -0.05) is 12.1 Å². The summed E-state index contributed by atoms with van der Waals surface area (Å²) in [6.07, 6.45) is 1.69. The number of carbonyl (C=O) groups is 2. The van der Waals surface area contributed by atoms with Gasteiger partial charge in [-0.25, -0.2) is 20.0 Å². The molecule has 2 N–H and O–H groups in total. The van der Waals surface area contributed by atoms with Crippen LogP contribution in [0.15, 0.2) is 53.6 Å². The van der Waals surface area contributed by atoms with Crippen LogP contribution in [0.25, 0.3) is 16.7 Å². The van der Waals surface area contributed by atoms with Crippen molar-refractivity contribution in [2.75, 3.05) is 19.6 Å². The minimum atomic E-state index is -0.540. The quantitative estimate of drug-likeness (QED) is 0.264. The highest BCUT2D eigenvalue weighted by atomic mass is 16.5. The first-order chi connectivity index (χ1) is 15.9. The molecule has 0 saturated carbocycles. The van der Waals surface area contributed by atoms with E-state index in [0.717, 1.165) is 28.0 Å². The Hall–Kier alpha value is -4.40. The van der Waals surface area contributed by atoms with Gasteiger partial charge in [-0.05, 0) is 50.2 Å². The van der Waals surface area contributed by atoms with Gasteiger partial charge in [0.15, 0.2) is 0 Å². The van der Waals surface area contributed by atoms with Gasteiger partial charge >= 0.3 is 11.9 Å². The van der Waals surface area contributed by atoms with Crippen molar-refractivity contribution in [1.29, 1.82) is 0 Å².